The van der Waals surface area contributed by atoms with Crippen molar-refractivity contribution in [2.45, 2.75) is 67.0 Å². The summed E-state index contributed by atoms with van der Waals surface area (Å²) in [6, 6.07) is -1.18. The molecule has 0 aromatic rings. The summed E-state index contributed by atoms with van der Waals surface area (Å²) in [7, 11) is 0. The lowest BCUT2D eigenvalue weighted by Crippen LogP contribution is -2.56. The van der Waals surface area contributed by atoms with E-state index in [0.717, 1.165) is 6.42 Å². The van der Waals surface area contributed by atoms with Crippen molar-refractivity contribution >= 4 is 18.1 Å². The van der Waals surface area contributed by atoms with Gasteiger partial charge in [-0.2, -0.15) is 0 Å². The Morgan fingerprint density at radius 2 is 1.67 bits per heavy atom. The first-order valence-electron chi connectivity index (χ1n) is 7.60. The lowest BCUT2D eigenvalue weighted by atomic mass is 9.85. The summed E-state index contributed by atoms with van der Waals surface area (Å²) < 4.78 is 0. The van der Waals surface area contributed by atoms with Gasteiger partial charge >= 0.3 is 0 Å². The van der Waals surface area contributed by atoms with E-state index in [1.54, 1.807) is 0 Å². The van der Waals surface area contributed by atoms with E-state index in [2.05, 4.69) is 10.6 Å². The number of Topliss-reactive ketones (excluding diaryl/α,β-unsaturated/α-hetero) is 1. The third-order valence-corrected chi connectivity index (χ3v) is 3.75. The number of carbonyl (C=O) groups is 3. The van der Waals surface area contributed by atoms with E-state index in [4.69, 9.17) is 0 Å². The highest BCUT2D eigenvalue weighted by Gasteiger charge is 2.35. The van der Waals surface area contributed by atoms with E-state index >= 15 is 0 Å². The van der Waals surface area contributed by atoms with E-state index in [1.165, 1.54) is 0 Å². The van der Waals surface area contributed by atoms with Crippen LogP contribution in [0.3, 0.4) is 0 Å². The number of hydrogen-bond acceptors (Lipinski definition) is 3. The van der Waals surface area contributed by atoms with Gasteiger partial charge in [0.1, 0.15) is 6.04 Å². The van der Waals surface area contributed by atoms with E-state index in [-0.39, 0.29) is 23.5 Å². The van der Waals surface area contributed by atoms with Crippen molar-refractivity contribution in [3.63, 3.8) is 0 Å². The Labute approximate surface area is 128 Å². The molecule has 2 N–H and O–H groups in total. The third kappa shape index (κ3) is 5.86. The second kappa shape index (κ2) is 8.15. The monoisotopic (exact) mass is 298 g/mol. The summed E-state index contributed by atoms with van der Waals surface area (Å²) >= 11 is 0. The van der Waals surface area contributed by atoms with Crippen LogP contribution in [0.1, 0.15) is 54.9 Å². The molecule has 0 rings (SSSR count). The quantitative estimate of drug-likeness (QED) is 0.672. The normalized spacial score (nSPS) is 16.0. The number of nitrogens with one attached hydrogen (secondary N) is 2. The zero-order valence-electron chi connectivity index (χ0n) is 14.3. The molecular formula is C16H30N2O3. The van der Waals surface area contributed by atoms with Gasteiger partial charge in [-0.05, 0) is 11.3 Å². The zero-order valence-corrected chi connectivity index (χ0v) is 14.3. The first kappa shape index (κ1) is 19.6. The van der Waals surface area contributed by atoms with E-state index in [1.807, 2.05) is 48.5 Å². The van der Waals surface area contributed by atoms with Crippen molar-refractivity contribution in [2.24, 2.45) is 17.3 Å². The third-order valence-electron chi connectivity index (χ3n) is 3.75. The van der Waals surface area contributed by atoms with E-state index in [0.29, 0.717) is 6.41 Å². The van der Waals surface area contributed by atoms with Crippen LogP contribution in [0.4, 0.5) is 0 Å². The Balaban J connectivity index is 5.18. The Morgan fingerprint density at radius 3 is 2.00 bits per heavy atom. The number of hydrogen-bond donors (Lipinski definition) is 2. The van der Waals surface area contributed by atoms with Crippen LogP contribution in [0.2, 0.25) is 0 Å². The maximum Gasteiger partial charge on any atom is 0.243 e. The standard InChI is InChI=1S/C16H30N2O3/c1-8-11(4)12(13(20)10(2)3)18-15(21)14(17-9-19)16(5,6)7/h9-12,14H,8H2,1-7H3,(H,17,19)(H,18,21)/t11-,12+,14?/m1/s1. The molecule has 1 unspecified atom stereocenters. The van der Waals surface area contributed by atoms with E-state index < -0.39 is 17.5 Å². The molecule has 5 nitrogen and oxygen atoms in total. The van der Waals surface area contributed by atoms with Gasteiger partial charge < -0.3 is 10.6 Å². The Bertz CT molecular complexity index is 372. The van der Waals surface area contributed by atoms with Gasteiger partial charge in [-0.1, -0.05) is 54.9 Å². The van der Waals surface area contributed by atoms with E-state index in [9.17, 15) is 14.4 Å². The molecule has 0 aromatic heterocycles. The van der Waals surface area contributed by atoms with Crippen molar-refractivity contribution in [1.82, 2.24) is 10.6 Å². The molecule has 0 saturated heterocycles. The van der Waals surface area contributed by atoms with Gasteiger partial charge in [0, 0.05) is 5.92 Å². The largest absolute Gasteiger partial charge is 0.346 e. The minimum atomic E-state index is -0.665. The molecule has 0 bridgehead atoms. The van der Waals surface area contributed by atoms with Crippen molar-refractivity contribution in [2.75, 3.05) is 0 Å². The van der Waals surface area contributed by atoms with Crippen molar-refractivity contribution in [1.29, 1.82) is 0 Å². The molecule has 0 radical (unpaired) electrons. The maximum absolute atomic E-state index is 12.5. The fourth-order valence-electron chi connectivity index (χ4n) is 2.11. The first-order chi connectivity index (χ1) is 9.56. The minimum Gasteiger partial charge on any atom is -0.346 e. The van der Waals surface area contributed by atoms with Gasteiger partial charge in [-0.15, -0.1) is 0 Å². The van der Waals surface area contributed by atoms with Crippen LogP contribution in [-0.2, 0) is 14.4 Å². The summed E-state index contributed by atoms with van der Waals surface area (Å²) in [6.07, 6.45) is 1.32. The predicted molar refractivity (Wildman–Crippen MR) is 83.7 cm³/mol. The van der Waals surface area contributed by atoms with Crippen LogP contribution < -0.4 is 10.6 Å². The Morgan fingerprint density at radius 1 is 1.14 bits per heavy atom. The molecule has 0 aliphatic carbocycles. The van der Waals surface area contributed by atoms with Crippen LogP contribution in [0, 0.1) is 17.3 Å². The molecule has 3 atom stereocenters. The molecular weight excluding hydrogens is 268 g/mol. The van der Waals surface area contributed by atoms with Gasteiger partial charge in [0.05, 0.1) is 6.04 Å². The number of ketones is 1. The molecule has 21 heavy (non-hydrogen) atoms. The van der Waals surface area contributed by atoms with Crippen LogP contribution in [0.15, 0.2) is 0 Å². The molecule has 2 amide bonds. The molecule has 0 fully saturated rings. The average Bonchev–Trinajstić information content (AvgIpc) is 2.38. The smallest absolute Gasteiger partial charge is 0.243 e. The molecule has 0 aromatic carbocycles. The summed E-state index contributed by atoms with van der Waals surface area (Å²) in [4.78, 5) is 35.5. The Hall–Kier alpha value is -1.39. The zero-order chi connectivity index (χ0) is 16.8. The summed E-state index contributed by atoms with van der Waals surface area (Å²) in [5, 5.41) is 5.38. The van der Waals surface area contributed by atoms with Crippen LogP contribution in [0.5, 0.6) is 0 Å². The van der Waals surface area contributed by atoms with Crippen LogP contribution in [0.25, 0.3) is 0 Å². The summed E-state index contributed by atoms with van der Waals surface area (Å²) in [5.41, 5.74) is -0.425. The summed E-state index contributed by atoms with van der Waals surface area (Å²) in [5.74, 6) is -0.373. The SMILES string of the molecule is CC[C@@H](C)[C@H](NC(=O)C(NC=O)C(C)(C)C)C(=O)C(C)C. The number of rotatable bonds is 8. The molecule has 0 saturated carbocycles. The second-order valence-corrected chi connectivity index (χ2v) is 7.01. The van der Waals surface area contributed by atoms with Crippen molar-refractivity contribution in [3.8, 4) is 0 Å². The summed E-state index contributed by atoms with van der Waals surface area (Å²) in [6.45, 7) is 13.2. The highest BCUT2D eigenvalue weighted by Crippen LogP contribution is 2.20. The molecule has 5 heteroatoms. The van der Waals surface area contributed by atoms with Crippen LogP contribution >= 0.6 is 0 Å². The first-order valence-corrected chi connectivity index (χ1v) is 7.60. The fraction of sp³-hybridized carbons (Fsp3) is 0.812. The highest BCUT2D eigenvalue weighted by molar-refractivity contribution is 5.92. The second-order valence-electron chi connectivity index (χ2n) is 7.01. The fourth-order valence-corrected chi connectivity index (χ4v) is 2.11. The molecule has 0 spiro atoms. The average molecular weight is 298 g/mol. The predicted octanol–water partition coefficient (Wildman–Crippen LogP) is 1.90. The Kier molecular flexibility index (Phi) is 7.61. The molecule has 0 aliphatic heterocycles. The van der Waals surface area contributed by atoms with Gasteiger partial charge in [-0.3, -0.25) is 14.4 Å². The van der Waals surface area contributed by atoms with Gasteiger partial charge in [0.15, 0.2) is 5.78 Å². The molecule has 0 heterocycles. The number of carbonyl (C=O) groups excluding carboxylic acids is 3. The molecule has 122 valence electrons. The number of amides is 2. The van der Waals surface area contributed by atoms with Gasteiger partial charge in [-0.25, -0.2) is 0 Å². The minimum absolute atomic E-state index is 0.0245. The van der Waals surface area contributed by atoms with Crippen molar-refractivity contribution in [3.05, 3.63) is 0 Å². The highest BCUT2D eigenvalue weighted by atomic mass is 16.2. The lowest BCUT2D eigenvalue weighted by molar-refractivity contribution is -0.133. The maximum atomic E-state index is 12.5. The van der Waals surface area contributed by atoms with Gasteiger partial charge in [0.2, 0.25) is 12.3 Å². The lowest BCUT2D eigenvalue weighted by Gasteiger charge is -2.32. The van der Waals surface area contributed by atoms with Crippen LogP contribution in [-0.4, -0.2) is 30.2 Å². The molecule has 0 aliphatic rings. The topological polar surface area (TPSA) is 75.3 Å². The van der Waals surface area contributed by atoms with Gasteiger partial charge in [0.25, 0.3) is 0 Å². The van der Waals surface area contributed by atoms with Crippen molar-refractivity contribution < 1.29 is 14.4 Å².